The molecular formula is C14H24N2. The lowest BCUT2D eigenvalue weighted by atomic mass is 10.0. The van der Waals surface area contributed by atoms with Gasteiger partial charge in [0, 0.05) is 6.04 Å². The van der Waals surface area contributed by atoms with Gasteiger partial charge in [-0.2, -0.15) is 0 Å². The summed E-state index contributed by atoms with van der Waals surface area (Å²) in [6, 6.07) is 9.56. The first-order valence-corrected chi connectivity index (χ1v) is 6.04. The summed E-state index contributed by atoms with van der Waals surface area (Å²) in [4.78, 5) is 2.45. The van der Waals surface area contributed by atoms with Gasteiger partial charge in [0.2, 0.25) is 0 Å². The average molecular weight is 220 g/mol. The molecule has 1 atom stereocenters. The van der Waals surface area contributed by atoms with Crippen LogP contribution in [0, 0.1) is 6.92 Å². The van der Waals surface area contributed by atoms with E-state index in [0.29, 0.717) is 6.04 Å². The van der Waals surface area contributed by atoms with Crippen molar-refractivity contribution in [3.63, 3.8) is 0 Å². The summed E-state index contributed by atoms with van der Waals surface area (Å²) in [5.41, 5.74) is 2.86. The van der Waals surface area contributed by atoms with E-state index in [1.54, 1.807) is 0 Å². The lowest BCUT2D eigenvalue weighted by Crippen LogP contribution is -2.17. The van der Waals surface area contributed by atoms with Crippen LogP contribution in [0.2, 0.25) is 0 Å². The second-order valence-corrected chi connectivity index (χ2v) is 4.55. The Labute approximate surface area is 99.7 Å². The molecule has 1 aromatic rings. The Morgan fingerprint density at radius 2 is 2.00 bits per heavy atom. The molecule has 0 spiro atoms. The predicted octanol–water partition coefficient (Wildman–Crippen LogP) is 2.60. The number of hydrogen-bond acceptors (Lipinski definition) is 2. The number of hydrogen-bond donors (Lipinski definition) is 1. The molecule has 1 aliphatic rings. The van der Waals surface area contributed by atoms with Crippen LogP contribution in [0.4, 0.5) is 0 Å². The highest BCUT2D eigenvalue weighted by molar-refractivity contribution is 5.25. The fourth-order valence-electron chi connectivity index (χ4n) is 2.21. The molecule has 2 heteroatoms. The molecule has 1 aromatic carbocycles. The standard InChI is InChI=1S/C12H17N.C2H7N/c1-10-5-3-6-11(9-10)12-7-4-8-13(12)2;1-3-2/h3,5-6,9,12H,4,7-8H2,1-2H3;3H,1-2H3. The Morgan fingerprint density at radius 3 is 2.50 bits per heavy atom. The Balaban J connectivity index is 0.000000386. The van der Waals surface area contributed by atoms with E-state index < -0.39 is 0 Å². The highest BCUT2D eigenvalue weighted by Crippen LogP contribution is 2.30. The van der Waals surface area contributed by atoms with Crippen molar-refractivity contribution >= 4 is 0 Å². The summed E-state index contributed by atoms with van der Waals surface area (Å²) in [5.74, 6) is 0. The van der Waals surface area contributed by atoms with Crippen molar-refractivity contribution in [1.82, 2.24) is 10.2 Å². The van der Waals surface area contributed by atoms with Crippen molar-refractivity contribution in [2.45, 2.75) is 25.8 Å². The molecule has 2 nitrogen and oxygen atoms in total. The van der Waals surface area contributed by atoms with Crippen LogP contribution in [0.1, 0.15) is 30.0 Å². The molecule has 1 heterocycles. The largest absolute Gasteiger partial charge is 0.323 e. The Kier molecular flexibility index (Phi) is 5.50. The molecule has 0 bridgehead atoms. The van der Waals surface area contributed by atoms with E-state index in [2.05, 4.69) is 48.5 Å². The normalized spacial score (nSPS) is 20.4. The summed E-state index contributed by atoms with van der Waals surface area (Å²) >= 11 is 0. The average Bonchev–Trinajstić information content (AvgIpc) is 2.65. The molecule has 16 heavy (non-hydrogen) atoms. The zero-order chi connectivity index (χ0) is 12.0. The monoisotopic (exact) mass is 220 g/mol. The van der Waals surface area contributed by atoms with Crippen molar-refractivity contribution in [3.8, 4) is 0 Å². The van der Waals surface area contributed by atoms with Gasteiger partial charge in [-0.3, -0.25) is 4.90 Å². The smallest absolute Gasteiger partial charge is 0.0345 e. The molecule has 0 aliphatic carbocycles. The summed E-state index contributed by atoms with van der Waals surface area (Å²) in [7, 11) is 5.97. The third kappa shape index (κ3) is 3.62. The molecule has 0 radical (unpaired) electrons. The zero-order valence-corrected chi connectivity index (χ0v) is 11.0. The molecule has 1 aliphatic heterocycles. The maximum absolute atomic E-state index is 2.75. The van der Waals surface area contributed by atoms with Crippen LogP contribution < -0.4 is 5.32 Å². The van der Waals surface area contributed by atoms with Crippen molar-refractivity contribution in [2.75, 3.05) is 27.7 Å². The van der Waals surface area contributed by atoms with Gasteiger partial charge in [0.05, 0.1) is 0 Å². The summed E-state index contributed by atoms with van der Waals surface area (Å²) < 4.78 is 0. The van der Waals surface area contributed by atoms with Crippen LogP contribution in [0.5, 0.6) is 0 Å². The molecule has 0 aromatic heterocycles. The molecule has 0 amide bonds. The van der Waals surface area contributed by atoms with E-state index in [0.717, 1.165) is 0 Å². The summed E-state index contributed by atoms with van der Waals surface area (Å²) in [6.45, 7) is 3.41. The van der Waals surface area contributed by atoms with E-state index in [9.17, 15) is 0 Å². The number of benzene rings is 1. The van der Waals surface area contributed by atoms with Gasteiger partial charge in [-0.25, -0.2) is 0 Å². The van der Waals surface area contributed by atoms with Crippen molar-refractivity contribution in [3.05, 3.63) is 35.4 Å². The molecule has 1 fully saturated rings. The van der Waals surface area contributed by atoms with Crippen LogP contribution in [0.3, 0.4) is 0 Å². The summed E-state index contributed by atoms with van der Waals surface area (Å²) in [5, 5.41) is 2.75. The van der Waals surface area contributed by atoms with Gasteiger partial charge < -0.3 is 5.32 Å². The number of nitrogens with one attached hydrogen (secondary N) is 1. The van der Waals surface area contributed by atoms with Crippen LogP contribution >= 0.6 is 0 Å². The highest BCUT2D eigenvalue weighted by Gasteiger charge is 2.21. The Bertz CT molecular complexity index is 309. The minimum atomic E-state index is 0.667. The minimum Gasteiger partial charge on any atom is -0.323 e. The van der Waals surface area contributed by atoms with E-state index in [-0.39, 0.29) is 0 Å². The van der Waals surface area contributed by atoms with Gasteiger partial charge in [-0.1, -0.05) is 29.8 Å². The fourth-order valence-corrected chi connectivity index (χ4v) is 2.21. The van der Waals surface area contributed by atoms with Crippen molar-refractivity contribution in [1.29, 1.82) is 0 Å². The second kappa shape index (κ2) is 6.66. The van der Waals surface area contributed by atoms with Crippen LogP contribution in [0.15, 0.2) is 24.3 Å². The zero-order valence-electron chi connectivity index (χ0n) is 11.0. The first kappa shape index (κ1) is 13.2. The lowest BCUT2D eigenvalue weighted by molar-refractivity contribution is 0.317. The van der Waals surface area contributed by atoms with E-state index in [1.807, 2.05) is 14.1 Å². The maximum atomic E-state index is 2.75. The van der Waals surface area contributed by atoms with Crippen molar-refractivity contribution in [2.24, 2.45) is 0 Å². The van der Waals surface area contributed by atoms with Gasteiger partial charge in [0.25, 0.3) is 0 Å². The Hall–Kier alpha value is -0.860. The third-order valence-corrected chi connectivity index (χ3v) is 2.95. The molecule has 1 unspecified atom stereocenters. The van der Waals surface area contributed by atoms with Crippen LogP contribution in [-0.2, 0) is 0 Å². The maximum Gasteiger partial charge on any atom is 0.0345 e. The van der Waals surface area contributed by atoms with Crippen molar-refractivity contribution < 1.29 is 0 Å². The van der Waals surface area contributed by atoms with Gasteiger partial charge >= 0.3 is 0 Å². The van der Waals surface area contributed by atoms with Crippen LogP contribution in [-0.4, -0.2) is 32.6 Å². The van der Waals surface area contributed by atoms with E-state index >= 15 is 0 Å². The topological polar surface area (TPSA) is 15.3 Å². The lowest BCUT2D eigenvalue weighted by Gasteiger charge is -2.19. The number of rotatable bonds is 1. The second-order valence-electron chi connectivity index (χ2n) is 4.55. The fraction of sp³-hybridized carbons (Fsp3) is 0.571. The quantitative estimate of drug-likeness (QED) is 0.782. The van der Waals surface area contributed by atoms with Gasteiger partial charge in [0.15, 0.2) is 0 Å². The SMILES string of the molecule is CNC.Cc1cccc(C2CCCN2C)c1. The van der Waals surface area contributed by atoms with Gasteiger partial charge in [0.1, 0.15) is 0 Å². The number of aryl methyl sites for hydroxylation is 1. The highest BCUT2D eigenvalue weighted by atomic mass is 15.1. The Morgan fingerprint density at radius 1 is 1.31 bits per heavy atom. The molecule has 2 rings (SSSR count). The van der Waals surface area contributed by atoms with Crippen LogP contribution in [0.25, 0.3) is 0 Å². The van der Waals surface area contributed by atoms with Gasteiger partial charge in [-0.05, 0) is 53.0 Å². The molecule has 0 saturated carbocycles. The van der Waals surface area contributed by atoms with E-state index in [4.69, 9.17) is 0 Å². The number of nitrogens with zero attached hydrogens (tertiary/aromatic N) is 1. The molecule has 90 valence electrons. The first-order valence-electron chi connectivity index (χ1n) is 6.04. The van der Waals surface area contributed by atoms with Gasteiger partial charge in [-0.15, -0.1) is 0 Å². The molecule has 1 N–H and O–H groups in total. The molecular weight excluding hydrogens is 196 g/mol. The predicted molar refractivity (Wildman–Crippen MR) is 70.8 cm³/mol. The minimum absolute atomic E-state index is 0.667. The molecule has 1 saturated heterocycles. The number of likely N-dealkylation sites (tertiary alicyclic amines) is 1. The third-order valence-electron chi connectivity index (χ3n) is 2.95. The summed E-state index contributed by atoms with van der Waals surface area (Å²) in [6.07, 6.45) is 2.66. The first-order chi connectivity index (χ1) is 7.69. The van der Waals surface area contributed by atoms with E-state index in [1.165, 1.54) is 30.5 Å².